The number of hydrogen-bond donors (Lipinski definition) is 2. The molecule has 0 aliphatic carbocycles. The maximum absolute atomic E-state index is 9.88. The number of aromatic nitrogens is 1. The second kappa shape index (κ2) is 6.87. The predicted octanol–water partition coefficient (Wildman–Crippen LogP) is 1.92. The number of hydrogen-bond acceptors (Lipinski definition) is 4. The van der Waals surface area contributed by atoms with Crippen LogP contribution in [0.25, 0.3) is 0 Å². The monoisotopic (exact) mass is 263 g/mol. The predicted molar refractivity (Wildman–Crippen MR) is 77.2 cm³/mol. The number of aromatic hydroxyl groups is 1. The molecule has 106 valence electrons. The van der Waals surface area contributed by atoms with Crippen LogP contribution in [0.2, 0.25) is 0 Å². The number of rotatable bonds is 5. The summed E-state index contributed by atoms with van der Waals surface area (Å²) in [4.78, 5) is 6.82. The fourth-order valence-corrected chi connectivity index (χ4v) is 2.68. The standard InChI is InChI=1S/C15H25N3O/c1-3-18(10-13-5-4-8-16-9-13)11-14-15(19)7-6-12(2)17-14/h6-7,13,16,19H,3-5,8-11H2,1-2H3. The molecule has 0 bridgehead atoms. The number of aryl methyl sites for hydroxylation is 1. The lowest BCUT2D eigenvalue weighted by molar-refractivity contribution is 0.205. The highest BCUT2D eigenvalue weighted by Crippen LogP contribution is 2.18. The quantitative estimate of drug-likeness (QED) is 0.852. The van der Waals surface area contributed by atoms with Crippen LogP contribution in [-0.2, 0) is 6.54 Å². The summed E-state index contributed by atoms with van der Waals surface area (Å²) >= 11 is 0. The van der Waals surface area contributed by atoms with Crippen LogP contribution in [0.4, 0.5) is 0 Å². The molecule has 1 atom stereocenters. The minimum atomic E-state index is 0.311. The normalized spacial score (nSPS) is 19.8. The Balaban J connectivity index is 1.95. The van der Waals surface area contributed by atoms with E-state index >= 15 is 0 Å². The number of nitrogens with one attached hydrogen (secondary N) is 1. The van der Waals surface area contributed by atoms with Crippen LogP contribution in [0.3, 0.4) is 0 Å². The Morgan fingerprint density at radius 3 is 3.00 bits per heavy atom. The first-order valence-electron chi connectivity index (χ1n) is 7.27. The molecule has 1 saturated heterocycles. The molecule has 0 amide bonds. The molecule has 0 spiro atoms. The Labute approximate surface area is 115 Å². The van der Waals surface area contributed by atoms with Gasteiger partial charge in [0.1, 0.15) is 5.75 Å². The highest BCUT2D eigenvalue weighted by Gasteiger charge is 2.17. The Hall–Kier alpha value is -1.13. The Morgan fingerprint density at radius 2 is 2.32 bits per heavy atom. The lowest BCUT2D eigenvalue weighted by atomic mass is 9.99. The molecule has 4 nitrogen and oxygen atoms in total. The van der Waals surface area contributed by atoms with Gasteiger partial charge in [-0.1, -0.05) is 6.92 Å². The van der Waals surface area contributed by atoms with Gasteiger partial charge in [0.25, 0.3) is 0 Å². The second-order valence-electron chi connectivity index (χ2n) is 5.46. The van der Waals surface area contributed by atoms with E-state index in [0.29, 0.717) is 5.75 Å². The molecular formula is C15H25N3O. The first kappa shape index (κ1) is 14.3. The van der Waals surface area contributed by atoms with Crippen LogP contribution < -0.4 is 5.32 Å². The van der Waals surface area contributed by atoms with Crippen LogP contribution in [0, 0.1) is 12.8 Å². The molecule has 1 aromatic heterocycles. The third-order valence-electron chi connectivity index (χ3n) is 3.83. The topological polar surface area (TPSA) is 48.4 Å². The molecule has 0 radical (unpaired) electrons. The zero-order valence-corrected chi connectivity index (χ0v) is 12.0. The van der Waals surface area contributed by atoms with Crippen LogP contribution in [-0.4, -0.2) is 41.2 Å². The van der Waals surface area contributed by atoms with E-state index in [1.807, 2.05) is 13.0 Å². The van der Waals surface area contributed by atoms with Crippen LogP contribution >= 0.6 is 0 Å². The van der Waals surface area contributed by atoms with Crippen molar-refractivity contribution in [1.29, 1.82) is 0 Å². The van der Waals surface area contributed by atoms with Crippen molar-refractivity contribution in [2.24, 2.45) is 5.92 Å². The van der Waals surface area contributed by atoms with E-state index in [-0.39, 0.29) is 0 Å². The second-order valence-corrected chi connectivity index (χ2v) is 5.46. The fourth-order valence-electron chi connectivity index (χ4n) is 2.68. The lowest BCUT2D eigenvalue weighted by Gasteiger charge is -2.29. The Kier molecular flexibility index (Phi) is 5.16. The molecule has 4 heteroatoms. The first-order chi connectivity index (χ1) is 9.19. The maximum Gasteiger partial charge on any atom is 0.138 e. The maximum atomic E-state index is 9.88. The summed E-state index contributed by atoms with van der Waals surface area (Å²) in [5.41, 5.74) is 1.76. The minimum Gasteiger partial charge on any atom is -0.506 e. The molecule has 2 rings (SSSR count). The molecule has 1 aliphatic heterocycles. The Bertz CT molecular complexity index is 402. The molecule has 19 heavy (non-hydrogen) atoms. The third kappa shape index (κ3) is 4.18. The third-order valence-corrected chi connectivity index (χ3v) is 3.83. The van der Waals surface area contributed by atoms with Gasteiger partial charge >= 0.3 is 0 Å². The van der Waals surface area contributed by atoms with Crippen molar-refractivity contribution in [2.75, 3.05) is 26.2 Å². The first-order valence-corrected chi connectivity index (χ1v) is 7.27. The summed E-state index contributed by atoms with van der Waals surface area (Å²) in [7, 11) is 0. The Morgan fingerprint density at radius 1 is 1.47 bits per heavy atom. The van der Waals surface area contributed by atoms with Crippen molar-refractivity contribution in [3.63, 3.8) is 0 Å². The molecule has 1 aromatic rings. The highest BCUT2D eigenvalue weighted by molar-refractivity contribution is 5.27. The molecular weight excluding hydrogens is 238 g/mol. The molecule has 2 heterocycles. The zero-order chi connectivity index (χ0) is 13.7. The van der Waals surface area contributed by atoms with Gasteiger partial charge in [0.15, 0.2) is 0 Å². The van der Waals surface area contributed by atoms with E-state index in [0.717, 1.165) is 50.0 Å². The van der Waals surface area contributed by atoms with Gasteiger partial charge in [-0.05, 0) is 57.5 Å². The van der Waals surface area contributed by atoms with Gasteiger partial charge < -0.3 is 10.4 Å². The summed E-state index contributed by atoms with van der Waals surface area (Å²) < 4.78 is 0. The van der Waals surface area contributed by atoms with Gasteiger partial charge in [-0.3, -0.25) is 9.88 Å². The van der Waals surface area contributed by atoms with Crippen molar-refractivity contribution in [3.8, 4) is 5.75 Å². The lowest BCUT2D eigenvalue weighted by Crippen LogP contribution is -2.38. The van der Waals surface area contributed by atoms with E-state index in [1.165, 1.54) is 12.8 Å². The van der Waals surface area contributed by atoms with Crippen LogP contribution in [0.5, 0.6) is 5.75 Å². The minimum absolute atomic E-state index is 0.311. The van der Waals surface area contributed by atoms with E-state index in [2.05, 4.69) is 22.1 Å². The smallest absolute Gasteiger partial charge is 0.138 e. The largest absolute Gasteiger partial charge is 0.506 e. The number of pyridine rings is 1. The number of nitrogens with zero attached hydrogens (tertiary/aromatic N) is 2. The summed E-state index contributed by atoms with van der Waals surface area (Å²) in [6.07, 6.45) is 2.58. The average molecular weight is 263 g/mol. The van der Waals surface area contributed by atoms with Gasteiger partial charge in [-0.25, -0.2) is 0 Å². The van der Waals surface area contributed by atoms with Crippen molar-refractivity contribution in [3.05, 3.63) is 23.5 Å². The van der Waals surface area contributed by atoms with Gasteiger partial charge in [0.2, 0.25) is 0 Å². The summed E-state index contributed by atoms with van der Waals surface area (Å²) in [5.74, 6) is 1.03. The summed E-state index contributed by atoms with van der Waals surface area (Å²) in [6.45, 7) is 9.21. The van der Waals surface area contributed by atoms with Crippen LogP contribution in [0.1, 0.15) is 31.2 Å². The van der Waals surface area contributed by atoms with Gasteiger partial charge in [-0.2, -0.15) is 0 Å². The van der Waals surface area contributed by atoms with E-state index < -0.39 is 0 Å². The van der Waals surface area contributed by atoms with E-state index in [1.54, 1.807) is 6.07 Å². The van der Waals surface area contributed by atoms with E-state index in [4.69, 9.17) is 0 Å². The van der Waals surface area contributed by atoms with Gasteiger partial charge in [-0.15, -0.1) is 0 Å². The average Bonchev–Trinajstić information content (AvgIpc) is 2.43. The highest BCUT2D eigenvalue weighted by atomic mass is 16.3. The molecule has 0 aromatic carbocycles. The van der Waals surface area contributed by atoms with Crippen LogP contribution in [0.15, 0.2) is 12.1 Å². The van der Waals surface area contributed by atoms with Crippen molar-refractivity contribution in [2.45, 2.75) is 33.2 Å². The fraction of sp³-hybridized carbons (Fsp3) is 0.667. The van der Waals surface area contributed by atoms with Gasteiger partial charge in [0, 0.05) is 18.8 Å². The molecule has 1 unspecified atom stereocenters. The molecule has 2 N–H and O–H groups in total. The molecule has 0 saturated carbocycles. The number of piperidine rings is 1. The van der Waals surface area contributed by atoms with Crippen molar-refractivity contribution < 1.29 is 5.11 Å². The van der Waals surface area contributed by atoms with Gasteiger partial charge in [0.05, 0.1) is 5.69 Å². The van der Waals surface area contributed by atoms with Crippen molar-refractivity contribution in [1.82, 2.24) is 15.2 Å². The molecule has 1 fully saturated rings. The summed E-state index contributed by atoms with van der Waals surface area (Å²) in [6, 6.07) is 3.59. The van der Waals surface area contributed by atoms with E-state index in [9.17, 15) is 5.11 Å². The van der Waals surface area contributed by atoms with Crippen molar-refractivity contribution >= 4 is 0 Å². The zero-order valence-electron chi connectivity index (χ0n) is 12.0. The SMILES string of the molecule is CCN(Cc1nc(C)ccc1O)CC1CCCNC1. The molecule has 1 aliphatic rings. The summed E-state index contributed by atoms with van der Waals surface area (Å²) in [5, 5.41) is 13.3.